The Morgan fingerprint density at radius 3 is 2.70 bits per heavy atom. The van der Waals surface area contributed by atoms with Crippen molar-refractivity contribution in [2.45, 2.75) is 45.4 Å². The molecule has 0 unspecified atom stereocenters. The molecule has 0 radical (unpaired) electrons. The Balaban J connectivity index is 2.02. The SMILES string of the molecule is Cc1ccc(Cl)cc1NC(=O)CC1(CN)CCCCC1. The van der Waals surface area contributed by atoms with Crippen molar-refractivity contribution < 1.29 is 4.79 Å². The highest BCUT2D eigenvalue weighted by atomic mass is 35.5. The summed E-state index contributed by atoms with van der Waals surface area (Å²) in [5.41, 5.74) is 7.75. The van der Waals surface area contributed by atoms with Crippen LogP contribution in [0.1, 0.15) is 44.1 Å². The van der Waals surface area contributed by atoms with Gasteiger partial charge in [0.05, 0.1) is 0 Å². The van der Waals surface area contributed by atoms with Crippen LogP contribution in [-0.2, 0) is 4.79 Å². The number of rotatable bonds is 4. The van der Waals surface area contributed by atoms with Gasteiger partial charge in [0.15, 0.2) is 0 Å². The molecule has 110 valence electrons. The summed E-state index contributed by atoms with van der Waals surface area (Å²) in [4.78, 5) is 12.3. The fourth-order valence-corrected chi connectivity index (χ4v) is 3.19. The van der Waals surface area contributed by atoms with Gasteiger partial charge in [0.1, 0.15) is 0 Å². The smallest absolute Gasteiger partial charge is 0.224 e. The molecule has 0 spiro atoms. The van der Waals surface area contributed by atoms with Crippen LogP contribution in [0, 0.1) is 12.3 Å². The summed E-state index contributed by atoms with van der Waals surface area (Å²) < 4.78 is 0. The normalized spacial score (nSPS) is 17.8. The van der Waals surface area contributed by atoms with Crippen molar-refractivity contribution in [3.05, 3.63) is 28.8 Å². The van der Waals surface area contributed by atoms with E-state index in [1.165, 1.54) is 19.3 Å². The molecule has 2 rings (SSSR count). The zero-order chi connectivity index (χ0) is 14.6. The molecule has 3 nitrogen and oxygen atoms in total. The lowest BCUT2D eigenvalue weighted by molar-refractivity contribution is -0.118. The van der Waals surface area contributed by atoms with Gasteiger partial charge in [-0.1, -0.05) is 36.9 Å². The second kappa shape index (κ2) is 6.59. The number of carbonyl (C=O) groups is 1. The predicted molar refractivity (Wildman–Crippen MR) is 84.0 cm³/mol. The van der Waals surface area contributed by atoms with Gasteiger partial charge in [-0.3, -0.25) is 4.79 Å². The minimum absolute atomic E-state index is 0.00515. The molecule has 1 aliphatic rings. The van der Waals surface area contributed by atoms with Gasteiger partial charge in [0.25, 0.3) is 0 Å². The lowest BCUT2D eigenvalue weighted by Crippen LogP contribution is -2.36. The van der Waals surface area contributed by atoms with Crippen LogP contribution in [-0.4, -0.2) is 12.5 Å². The first-order chi connectivity index (χ1) is 9.54. The number of amides is 1. The fraction of sp³-hybridized carbons (Fsp3) is 0.562. The van der Waals surface area contributed by atoms with Crippen molar-refractivity contribution in [3.63, 3.8) is 0 Å². The summed E-state index contributed by atoms with van der Waals surface area (Å²) in [5.74, 6) is 0.0442. The van der Waals surface area contributed by atoms with E-state index < -0.39 is 0 Å². The molecule has 1 aliphatic carbocycles. The van der Waals surface area contributed by atoms with Crippen molar-refractivity contribution >= 4 is 23.2 Å². The Morgan fingerprint density at radius 2 is 2.05 bits per heavy atom. The standard InChI is InChI=1S/C16H23ClN2O/c1-12-5-6-13(17)9-14(12)19-15(20)10-16(11-18)7-3-2-4-8-16/h5-6,9H,2-4,7-8,10-11,18H2,1H3,(H,19,20). The average Bonchev–Trinajstić information content (AvgIpc) is 2.44. The van der Waals surface area contributed by atoms with E-state index in [0.29, 0.717) is 18.0 Å². The molecule has 1 aromatic rings. The molecule has 0 heterocycles. The zero-order valence-corrected chi connectivity index (χ0v) is 12.8. The Labute approximate surface area is 125 Å². The molecular weight excluding hydrogens is 272 g/mol. The molecule has 1 saturated carbocycles. The number of hydrogen-bond donors (Lipinski definition) is 2. The minimum atomic E-state index is -0.00515. The summed E-state index contributed by atoms with van der Waals surface area (Å²) in [6.45, 7) is 2.56. The molecule has 4 heteroatoms. The van der Waals surface area contributed by atoms with Crippen LogP contribution in [0.3, 0.4) is 0 Å². The van der Waals surface area contributed by atoms with Gasteiger partial charge < -0.3 is 11.1 Å². The van der Waals surface area contributed by atoms with E-state index >= 15 is 0 Å². The Hall–Kier alpha value is -1.06. The lowest BCUT2D eigenvalue weighted by Gasteiger charge is -2.35. The second-order valence-corrected chi connectivity index (χ2v) is 6.39. The number of nitrogens with one attached hydrogen (secondary N) is 1. The van der Waals surface area contributed by atoms with Gasteiger partial charge in [-0.25, -0.2) is 0 Å². The average molecular weight is 295 g/mol. The monoisotopic (exact) mass is 294 g/mol. The fourth-order valence-electron chi connectivity index (χ4n) is 3.02. The van der Waals surface area contributed by atoms with E-state index in [1.54, 1.807) is 6.07 Å². The third-order valence-corrected chi connectivity index (χ3v) is 4.59. The van der Waals surface area contributed by atoms with Crippen molar-refractivity contribution in [1.29, 1.82) is 0 Å². The first kappa shape index (κ1) is 15.3. The number of anilines is 1. The molecule has 1 amide bonds. The van der Waals surface area contributed by atoms with Gasteiger partial charge in [-0.05, 0) is 49.4 Å². The number of halogens is 1. The maximum absolute atomic E-state index is 12.3. The van der Waals surface area contributed by atoms with Gasteiger partial charge >= 0.3 is 0 Å². The summed E-state index contributed by atoms with van der Waals surface area (Å²) in [6, 6.07) is 5.54. The van der Waals surface area contributed by atoms with Gasteiger partial charge in [0, 0.05) is 17.1 Å². The van der Waals surface area contributed by atoms with Crippen molar-refractivity contribution in [3.8, 4) is 0 Å². The van der Waals surface area contributed by atoms with E-state index in [0.717, 1.165) is 24.1 Å². The highest BCUT2D eigenvalue weighted by molar-refractivity contribution is 6.31. The Morgan fingerprint density at radius 1 is 1.35 bits per heavy atom. The second-order valence-electron chi connectivity index (χ2n) is 5.95. The molecule has 3 N–H and O–H groups in total. The molecule has 0 atom stereocenters. The predicted octanol–water partition coefficient (Wildman–Crippen LogP) is 3.89. The van der Waals surface area contributed by atoms with Crippen molar-refractivity contribution in [1.82, 2.24) is 0 Å². The van der Waals surface area contributed by atoms with Gasteiger partial charge in [-0.2, -0.15) is 0 Å². The summed E-state index contributed by atoms with van der Waals surface area (Å²) in [5, 5.41) is 3.61. The van der Waals surface area contributed by atoms with E-state index in [-0.39, 0.29) is 11.3 Å². The quantitative estimate of drug-likeness (QED) is 0.885. The van der Waals surface area contributed by atoms with E-state index in [1.807, 2.05) is 19.1 Å². The van der Waals surface area contributed by atoms with E-state index in [4.69, 9.17) is 17.3 Å². The summed E-state index contributed by atoms with van der Waals surface area (Å²) >= 11 is 5.98. The Bertz CT molecular complexity index is 481. The number of benzene rings is 1. The van der Waals surface area contributed by atoms with Crippen LogP contribution >= 0.6 is 11.6 Å². The van der Waals surface area contributed by atoms with Crippen LogP contribution in [0.15, 0.2) is 18.2 Å². The van der Waals surface area contributed by atoms with Crippen LogP contribution in [0.25, 0.3) is 0 Å². The van der Waals surface area contributed by atoms with E-state index in [9.17, 15) is 4.79 Å². The summed E-state index contributed by atoms with van der Waals surface area (Å²) in [7, 11) is 0. The highest BCUT2D eigenvalue weighted by Crippen LogP contribution is 2.38. The largest absolute Gasteiger partial charge is 0.330 e. The zero-order valence-electron chi connectivity index (χ0n) is 12.0. The van der Waals surface area contributed by atoms with Crippen molar-refractivity contribution in [2.75, 3.05) is 11.9 Å². The van der Waals surface area contributed by atoms with Gasteiger partial charge in [0.2, 0.25) is 5.91 Å². The highest BCUT2D eigenvalue weighted by Gasteiger charge is 2.33. The van der Waals surface area contributed by atoms with Gasteiger partial charge in [-0.15, -0.1) is 0 Å². The lowest BCUT2D eigenvalue weighted by atomic mass is 9.71. The third-order valence-electron chi connectivity index (χ3n) is 4.36. The number of aryl methyl sites for hydroxylation is 1. The Kier molecular flexibility index (Phi) is 5.06. The number of hydrogen-bond acceptors (Lipinski definition) is 2. The summed E-state index contributed by atoms with van der Waals surface area (Å²) in [6.07, 6.45) is 6.25. The first-order valence-corrected chi connectivity index (χ1v) is 7.69. The molecule has 0 bridgehead atoms. The van der Waals surface area contributed by atoms with Crippen LogP contribution in [0.2, 0.25) is 5.02 Å². The van der Waals surface area contributed by atoms with Crippen LogP contribution in [0.4, 0.5) is 5.69 Å². The molecule has 20 heavy (non-hydrogen) atoms. The number of carbonyl (C=O) groups excluding carboxylic acids is 1. The van der Waals surface area contributed by atoms with Crippen LogP contribution < -0.4 is 11.1 Å². The molecule has 0 aliphatic heterocycles. The molecule has 1 aromatic carbocycles. The topological polar surface area (TPSA) is 55.1 Å². The molecule has 1 fully saturated rings. The minimum Gasteiger partial charge on any atom is -0.330 e. The third kappa shape index (κ3) is 3.74. The van der Waals surface area contributed by atoms with Crippen molar-refractivity contribution in [2.24, 2.45) is 11.1 Å². The molecule has 0 saturated heterocycles. The maximum atomic E-state index is 12.3. The maximum Gasteiger partial charge on any atom is 0.224 e. The first-order valence-electron chi connectivity index (χ1n) is 7.31. The number of nitrogens with two attached hydrogens (primary N) is 1. The molecule has 0 aromatic heterocycles. The molecular formula is C16H23ClN2O. The van der Waals surface area contributed by atoms with Crippen LogP contribution in [0.5, 0.6) is 0 Å². The van der Waals surface area contributed by atoms with E-state index in [2.05, 4.69) is 5.32 Å².